The molecular weight excluding hydrogens is 741 g/mol. The van der Waals surface area contributed by atoms with Crippen LogP contribution >= 0.6 is 7.82 Å². The molecule has 0 spiro atoms. The molecule has 1 fully saturated rings. The van der Waals surface area contributed by atoms with Crippen molar-refractivity contribution in [2.24, 2.45) is 0 Å². The van der Waals surface area contributed by atoms with Crippen LogP contribution in [0.4, 0.5) is 0 Å². The van der Waals surface area contributed by atoms with E-state index in [0.717, 1.165) is 64.2 Å². The van der Waals surface area contributed by atoms with Gasteiger partial charge >= 0.3 is 11.9 Å². The van der Waals surface area contributed by atoms with E-state index in [1.807, 2.05) is 21.1 Å². The third-order valence-electron chi connectivity index (χ3n) is 9.72. The SMILES string of the molecule is CCCCC/C=C\CC1OC1C/C=C\C/C=C\CCCC(=O)OC[C@H](COP(=O)([O-])OCC[N+](C)(C)C)OC(=O)CCCCCCC/C=C\CCCCCCCC. The second-order valence-electron chi connectivity index (χ2n) is 16.4. The second-order valence-corrected chi connectivity index (χ2v) is 17.9. The van der Waals surface area contributed by atoms with Crippen molar-refractivity contribution < 1.29 is 46.8 Å². The summed E-state index contributed by atoms with van der Waals surface area (Å²) in [6.07, 6.45) is 41.7. The van der Waals surface area contributed by atoms with Crippen LogP contribution in [-0.2, 0) is 37.4 Å². The highest BCUT2D eigenvalue weighted by atomic mass is 31.2. The normalized spacial score (nSPS) is 17.6. The van der Waals surface area contributed by atoms with Crippen molar-refractivity contribution in [1.82, 2.24) is 0 Å². The molecule has 0 bridgehead atoms. The smallest absolute Gasteiger partial charge is 0.306 e. The van der Waals surface area contributed by atoms with Gasteiger partial charge in [0.2, 0.25) is 0 Å². The molecule has 0 aromatic carbocycles. The van der Waals surface area contributed by atoms with Gasteiger partial charge in [-0.3, -0.25) is 14.2 Å². The van der Waals surface area contributed by atoms with Gasteiger partial charge in [0.15, 0.2) is 6.10 Å². The molecule has 0 N–H and O–H groups in total. The van der Waals surface area contributed by atoms with E-state index in [2.05, 4.69) is 62.5 Å². The Morgan fingerprint density at radius 2 is 1.12 bits per heavy atom. The molecule has 1 heterocycles. The molecular formula is C46H82NO9P. The number of esters is 2. The average molecular weight is 824 g/mol. The van der Waals surface area contributed by atoms with Crippen molar-refractivity contribution in [1.29, 1.82) is 0 Å². The fourth-order valence-electron chi connectivity index (χ4n) is 6.03. The van der Waals surface area contributed by atoms with E-state index >= 15 is 0 Å². The third kappa shape index (κ3) is 35.6. The van der Waals surface area contributed by atoms with Crippen LogP contribution in [0.1, 0.15) is 168 Å². The Bertz CT molecular complexity index is 1180. The Balaban J connectivity index is 2.32. The van der Waals surface area contributed by atoms with Crippen molar-refractivity contribution in [2.75, 3.05) is 47.5 Å². The van der Waals surface area contributed by atoms with E-state index in [1.165, 1.54) is 64.2 Å². The molecule has 0 saturated carbocycles. The lowest BCUT2D eigenvalue weighted by molar-refractivity contribution is -0.870. The molecule has 1 aliphatic heterocycles. The molecule has 57 heavy (non-hydrogen) atoms. The number of nitrogens with zero attached hydrogens (tertiary/aromatic N) is 1. The van der Waals surface area contributed by atoms with E-state index < -0.39 is 32.5 Å². The average Bonchev–Trinajstić information content (AvgIpc) is 3.92. The summed E-state index contributed by atoms with van der Waals surface area (Å²) in [5.74, 6) is -0.918. The standard InChI is InChI=1S/C46H82NO9P/c1-6-8-10-12-14-15-16-17-18-19-20-21-24-29-33-37-46(49)55-42(41-54-57(50,51)53-39-38-47(3,4)5)40-52-45(48)36-32-28-25-22-23-27-31-35-44-43(56-44)34-30-26-13-11-9-7-2/h17-18,22,25-27,30-31,42-44H,6-16,19-21,23-24,28-29,32-41H2,1-5H3/b18-17-,25-22-,30-26-,31-27-/t42-,43?,44?/m1/s1. The van der Waals surface area contributed by atoms with Crippen LogP contribution in [-0.4, -0.2) is 82.2 Å². The summed E-state index contributed by atoms with van der Waals surface area (Å²) in [6.45, 7) is 4.10. The molecule has 1 rings (SSSR count). The molecule has 330 valence electrons. The van der Waals surface area contributed by atoms with E-state index in [9.17, 15) is 19.0 Å². The number of ether oxygens (including phenoxy) is 3. The van der Waals surface area contributed by atoms with Crippen LogP contribution < -0.4 is 4.89 Å². The molecule has 0 aromatic rings. The lowest BCUT2D eigenvalue weighted by atomic mass is 10.1. The van der Waals surface area contributed by atoms with Crippen LogP contribution in [0.2, 0.25) is 0 Å². The number of carbonyl (C=O) groups excluding carboxylic acids is 2. The van der Waals surface area contributed by atoms with Gasteiger partial charge in [0.25, 0.3) is 7.82 Å². The van der Waals surface area contributed by atoms with Crippen LogP contribution in [0, 0.1) is 0 Å². The summed E-state index contributed by atoms with van der Waals surface area (Å²) in [5.41, 5.74) is 0. The number of rotatable bonds is 39. The van der Waals surface area contributed by atoms with Crippen LogP contribution in [0.25, 0.3) is 0 Å². The zero-order valence-electron chi connectivity index (χ0n) is 36.7. The van der Waals surface area contributed by atoms with Crippen molar-refractivity contribution in [3.63, 3.8) is 0 Å². The van der Waals surface area contributed by atoms with E-state index in [0.29, 0.717) is 36.1 Å². The molecule has 0 aromatic heterocycles. The fourth-order valence-corrected chi connectivity index (χ4v) is 6.76. The number of epoxide rings is 1. The van der Waals surface area contributed by atoms with E-state index in [4.69, 9.17) is 23.3 Å². The Labute approximate surface area is 348 Å². The van der Waals surface area contributed by atoms with Gasteiger partial charge in [0, 0.05) is 12.8 Å². The molecule has 10 nitrogen and oxygen atoms in total. The van der Waals surface area contributed by atoms with Crippen molar-refractivity contribution in [2.45, 2.75) is 186 Å². The minimum Gasteiger partial charge on any atom is -0.756 e. The van der Waals surface area contributed by atoms with E-state index in [-0.39, 0.29) is 26.1 Å². The first-order valence-corrected chi connectivity index (χ1v) is 23.9. The number of likely N-dealkylation sites (N-methyl/N-ethyl adjacent to an activating group) is 1. The summed E-state index contributed by atoms with van der Waals surface area (Å²) in [7, 11) is 1.12. The summed E-state index contributed by atoms with van der Waals surface area (Å²) in [6, 6.07) is 0. The number of phosphoric acid groups is 1. The van der Waals surface area contributed by atoms with Crippen LogP contribution in [0.15, 0.2) is 48.6 Å². The monoisotopic (exact) mass is 824 g/mol. The minimum atomic E-state index is -4.64. The quantitative estimate of drug-likeness (QED) is 0.0149. The first kappa shape index (κ1) is 52.9. The third-order valence-corrected chi connectivity index (χ3v) is 10.7. The van der Waals surface area contributed by atoms with Gasteiger partial charge in [-0.1, -0.05) is 127 Å². The molecule has 4 atom stereocenters. The lowest BCUT2D eigenvalue weighted by Crippen LogP contribution is -2.37. The Morgan fingerprint density at radius 1 is 0.632 bits per heavy atom. The number of unbranched alkanes of at least 4 members (excludes halogenated alkanes) is 15. The Kier molecular flexibility index (Phi) is 32.3. The van der Waals surface area contributed by atoms with Gasteiger partial charge in [0.1, 0.15) is 19.8 Å². The topological polar surface area (TPSA) is 124 Å². The fraction of sp³-hybridized carbons (Fsp3) is 0.783. The highest BCUT2D eigenvalue weighted by Crippen LogP contribution is 2.38. The highest BCUT2D eigenvalue weighted by Gasteiger charge is 2.36. The van der Waals surface area contributed by atoms with Crippen molar-refractivity contribution in [3.8, 4) is 0 Å². The first-order valence-electron chi connectivity index (χ1n) is 22.5. The number of phosphoric ester groups is 1. The summed E-state index contributed by atoms with van der Waals surface area (Å²) in [4.78, 5) is 37.5. The van der Waals surface area contributed by atoms with E-state index in [1.54, 1.807) is 0 Å². The summed E-state index contributed by atoms with van der Waals surface area (Å²) >= 11 is 0. The second kappa shape index (κ2) is 34.8. The largest absolute Gasteiger partial charge is 0.756 e. The Morgan fingerprint density at radius 3 is 1.77 bits per heavy atom. The summed E-state index contributed by atoms with van der Waals surface area (Å²) < 4.78 is 39.6. The maximum absolute atomic E-state index is 12.7. The van der Waals surface area contributed by atoms with Gasteiger partial charge in [-0.15, -0.1) is 0 Å². The number of allylic oxidation sites excluding steroid dienone is 6. The maximum Gasteiger partial charge on any atom is 0.306 e. The van der Waals surface area contributed by atoms with Gasteiger partial charge in [0.05, 0.1) is 40.0 Å². The number of quaternary nitrogens is 1. The van der Waals surface area contributed by atoms with Gasteiger partial charge in [-0.05, 0) is 77.0 Å². The minimum absolute atomic E-state index is 0.0445. The zero-order valence-corrected chi connectivity index (χ0v) is 37.6. The number of hydrogen-bond acceptors (Lipinski definition) is 9. The number of hydrogen-bond donors (Lipinski definition) is 0. The molecule has 1 aliphatic rings. The van der Waals surface area contributed by atoms with Crippen molar-refractivity contribution in [3.05, 3.63) is 48.6 Å². The van der Waals surface area contributed by atoms with Gasteiger partial charge in [-0.25, -0.2) is 0 Å². The maximum atomic E-state index is 12.7. The molecule has 0 amide bonds. The molecule has 0 radical (unpaired) electrons. The molecule has 0 aliphatic carbocycles. The predicted molar refractivity (Wildman–Crippen MR) is 231 cm³/mol. The van der Waals surface area contributed by atoms with Gasteiger partial charge < -0.3 is 32.6 Å². The van der Waals surface area contributed by atoms with Crippen LogP contribution in [0.5, 0.6) is 0 Å². The van der Waals surface area contributed by atoms with Gasteiger partial charge in [-0.2, -0.15) is 0 Å². The first-order chi connectivity index (χ1) is 27.5. The van der Waals surface area contributed by atoms with Crippen LogP contribution in [0.3, 0.4) is 0 Å². The summed E-state index contributed by atoms with van der Waals surface area (Å²) in [5, 5.41) is 0. The highest BCUT2D eigenvalue weighted by molar-refractivity contribution is 7.45. The Hall–Kier alpha value is -2.07. The zero-order chi connectivity index (χ0) is 41.9. The van der Waals surface area contributed by atoms with Crippen molar-refractivity contribution >= 4 is 19.8 Å². The molecule has 3 unspecified atom stereocenters. The predicted octanol–water partition coefficient (Wildman–Crippen LogP) is 11.0. The lowest BCUT2D eigenvalue weighted by Gasteiger charge is -2.28. The molecule has 1 saturated heterocycles. The molecule has 11 heteroatoms. The number of carbonyl (C=O) groups is 2.